The van der Waals surface area contributed by atoms with Crippen LogP contribution in [-0.4, -0.2) is 23.7 Å². The van der Waals surface area contributed by atoms with Crippen LogP contribution in [0.2, 0.25) is 0 Å². The minimum atomic E-state index is -1.20. The van der Waals surface area contributed by atoms with Crippen molar-refractivity contribution in [3.63, 3.8) is 0 Å². The Labute approximate surface area is 120 Å². The fourth-order valence-corrected chi connectivity index (χ4v) is 1.97. The predicted molar refractivity (Wildman–Crippen MR) is 78.4 cm³/mol. The van der Waals surface area contributed by atoms with Gasteiger partial charge in [0.15, 0.2) is 0 Å². The lowest BCUT2D eigenvalue weighted by atomic mass is 10.0. The Bertz CT molecular complexity index is 388. The van der Waals surface area contributed by atoms with Crippen molar-refractivity contribution in [2.24, 2.45) is 0 Å². The molecule has 0 aliphatic carbocycles. The number of furan rings is 1. The van der Waals surface area contributed by atoms with Crippen molar-refractivity contribution in [2.45, 2.75) is 58.1 Å². The molecule has 5 heteroatoms. The summed E-state index contributed by atoms with van der Waals surface area (Å²) < 4.78 is 5.16. The number of hydrogen-bond donors (Lipinski definition) is 3. The Morgan fingerprint density at radius 3 is 2.85 bits per heavy atom. The third kappa shape index (κ3) is 5.65. The molecule has 2 unspecified atom stereocenters. The summed E-state index contributed by atoms with van der Waals surface area (Å²) in [7, 11) is 0. The monoisotopic (exact) mass is 282 g/mol. The molecule has 1 heterocycles. The third-order valence-corrected chi connectivity index (χ3v) is 3.26. The normalized spacial score (nSPS) is 15.4. The highest BCUT2D eigenvalue weighted by Crippen LogP contribution is 2.19. The third-order valence-electron chi connectivity index (χ3n) is 3.26. The molecule has 0 spiro atoms. The Morgan fingerprint density at radius 1 is 1.50 bits per heavy atom. The standard InChI is InChI=1S/C15H26N2O3/c1-4-5-6-8-12(2)17-14(18)16-11-15(3,19)13-9-7-10-20-13/h7,9-10,12,19H,4-6,8,11H2,1-3H3,(H2,16,17,18). The van der Waals surface area contributed by atoms with Gasteiger partial charge in [-0.25, -0.2) is 4.79 Å². The van der Waals surface area contributed by atoms with E-state index in [1.165, 1.54) is 19.1 Å². The number of amides is 2. The molecule has 0 radical (unpaired) electrons. The van der Waals surface area contributed by atoms with Crippen LogP contribution in [0, 0.1) is 0 Å². The van der Waals surface area contributed by atoms with E-state index in [9.17, 15) is 9.90 Å². The molecule has 0 fully saturated rings. The van der Waals surface area contributed by atoms with Crippen molar-refractivity contribution >= 4 is 6.03 Å². The van der Waals surface area contributed by atoms with Gasteiger partial charge in [0.25, 0.3) is 0 Å². The van der Waals surface area contributed by atoms with E-state index in [0.717, 1.165) is 12.8 Å². The van der Waals surface area contributed by atoms with Crippen molar-refractivity contribution in [3.05, 3.63) is 24.2 Å². The fourth-order valence-electron chi connectivity index (χ4n) is 1.97. The van der Waals surface area contributed by atoms with E-state index < -0.39 is 5.60 Å². The maximum Gasteiger partial charge on any atom is 0.315 e. The number of rotatable bonds is 8. The van der Waals surface area contributed by atoms with E-state index in [1.54, 1.807) is 19.1 Å². The minimum absolute atomic E-state index is 0.105. The van der Waals surface area contributed by atoms with Gasteiger partial charge in [-0.1, -0.05) is 26.2 Å². The lowest BCUT2D eigenvalue weighted by Crippen LogP contribution is -2.46. The van der Waals surface area contributed by atoms with Crippen LogP contribution < -0.4 is 10.6 Å². The van der Waals surface area contributed by atoms with E-state index in [-0.39, 0.29) is 18.6 Å². The van der Waals surface area contributed by atoms with Crippen LogP contribution in [0.3, 0.4) is 0 Å². The van der Waals surface area contributed by atoms with Gasteiger partial charge in [0, 0.05) is 6.04 Å². The van der Waals surface area contributed by atoms with Gasteiger partial charge in [0.1, 0.15) is 11.4 Å². The maximum absolute atomic E-state index is 11.7. The van der Waals surface area contributed by atoms with Gasteiger partial charge in [-0.05, 0) is 32.4 Å². The molecule has 0 bridgehead atoms. The van der Waals surface area contributed by atoms with Gasteiger partial charge in [-0.2, -0.15) is 0 Å². The number of urea groups is 1. The SMILES string of the molecule is CCCCCC(C)NC(=O)NCC(C)(O)c1ccco1. The van der Waals surface area contributed by atoms with Crippen LogP contribution in [0.15, 0.2) is 22.8 Å². The van der Waals surface area contributed by atoms with Crippen molar-refractivity contribution in [1.82, 2.24) is 10.6 Å². The molecule has 0 saturated carbocycles. The Kier molecular flexibility index (Phi) is 6.58. The zero-order valence-electron chi connectivity index (χ0n) is 12.6. The highest BCUT2D eigenvalue weighted by atomic mass is 16.4. The quantitative estimate of drug-likeness (QED) is 0.642. The molecular formula is C15H26N2O3. The van der Waals surface area contributed by atoms with Gasteiger partial charge in [0.05, 0.1) is 12.8 Å². The summed E-state index contributed by atoms with van der Waals surface area (Å²) in [5.41, 5.74) is -1.20. The fraction of sp³-hybridized carbons (Fsp3) is 0.667. The second kappa shape index (κ2) is 7.94. The summed E-state index contributed by atoms with van der Waals surface area (Å²) in [5, 5.41) is 15.7. The van der Waals surface area contributed by atoms with Crippen molar-refractivity contribution in [3.8, 4) is 0 Å². The summed E-state index contributed by atoms with van der Waals surface area (Å²) in [6.07, 6.45) is 5.93. The summed E-state index contributed by atoms with van der Waals surface area (Å²) in [4.78, 5) is 11.7. The Hall–Kier alpha value is -1.49. The molecule has 1 aromatic heterocycles. The molecule has 114 valence electrons. The van der Waals surface area contributed by atoms with Crippen LogP contribution in [0.25, 0.3) is 0 Å². The molecule has 5 nitrogen and oxygen atoms in total. The number of hydrogen-bond acceptors (Lipinski definition) is 3. The predicted octanol–water partition coefficient (Wildman–Crippen LogP) is 2.76. The minimum Gasteiger partial charge on any atom is -0.466 e. The molecule has 0 aliphatic heterocycles. The Morgan fingerprint density at radius 2 is 2.25 bits per heavy atom. The lowest BCUT2D eigenvalue weighted by Gasteiger charge is -2.22. The summed E-state index contributed by atoms with van der Waals surface area (Å²) in [6.45, 7) is 5.85. The van der Waals surface area contributed by atoms with E-state index in [4.69, 9.17) is 4.42 Å². The van der Waals surface area contributed by atoms with Crippen LogP contribution >= 0.6 is 0 Å². The molecule has 2 amide bonds. The molecule has 1 rings (SSSR count). The van der Waals surface area contributed by atoms with Crippen molar-refractivity contribution in [2.75, 3.05) is 6.54 Å². The zero-order chi connectivity index (χ0) is 15.0. The van der Waals surface area contributed by atoms with Crippen LogP contribution in [0.1, 0.15) is 52.2 Å². The topological polar surface area (TPSA) is 74.5 Å². The smallest absolute Gasteiger partial charge is 0.315 e. The molecule has 0 aromatic carbocycles. The second-order valence-electron chi connectivity index (χ2n) is 5.48. The lowest BCUT2D eigenvalue weighted by molar-refractivity contribution is 0.0366. The van der Waals surface area contributed by atoms with Crippen LogP contribution in [-0.2, 0) is 5.60 Å². The number of aliphatic hydroxyl groups is 1. The van der Waals surface area contributed by atoms with E-state index in [0.29, 0.717) is 5.76 Å². The number of unbranched alkanes of at least 4 members (excludes halogenated alkanes) is 2. The van der Waals surface area contributed by atoms with Crippen LogP contribution in [0.4, 0.5) is 4.79 Å². The molecule has 0 saturated heterocycles. The number of nitrogens with one attached hydrogen (secondary N) is 2. The highest BCUT2D eigenvalue weighted by Gasteiger charge is 2.26. The summed E-state index contributed by atoms with van der Waals surface area (Å²) in [5.74, 6) is 0.439. The maximum atomic E-state index is 11.7. The largest absolute Gasteiger partial charge is 0.466 e. The molecule has 3 N–H and O–H groups in total. The molecular weight excluding hydrogens is 256 g/mol. The van der Waals surface area contributed by atoms with Crippen LogP contribution in [0.5, 0.6) is 0 Å². The highest BCUT2D eigenvalue weighted by molar-refractivity contribution is 5.74. The first-order chi connectivity index (χ1) is 9.45. The van der Waals surface area contributed by atoms with Gasteiger partial charge in [-0.15, -0.1) is 0 Å². The van der Waals surface area contributed by atoms with E-state index in [1.807, 2.05) is 6.92 Å². The van der Waals surface area contributed by atoms with Gasteiger partial charge in [-0.3, -0.25) is 0 Å². The Balaban J connectivity index is 2.29. The van der Waals surface area contributed by atoms with Crippen molar-refractivity contribution in [1.29, 1.82) is 0 Å². The first-order valence-electron chi connectivity index (χ1n) is 7.26. The number of carbonyl (C=O) groups is 1. The second-order valence-corrected chi connectivity index (χ2v) is 5.48. The average Bonchev–Trinajstić information content (AvgIpc) is 2.91. The molecule has 0 aliphatic rings. The first-order valence-corrected chi connectivity index (χ1v) is 7.26. The summed E-state index contributed by atoms with van der Waals surface area (Å²) >= 11 is 0. The first kappa shape index (κ1) is 16.6. The zero-order valence-corrected chi connectivity index (χ0v) is 12.6. The molecule has 2 atom stereocenters. The van der Waals surface area contributed by atoms with Crippen molar-refractivity contribution < 1.29 is 14.3 Å². The molecule has 20 heavy (non-hydrogen) atoms. The van der Waals surface area contributed by atoms with E-state index in [2.05, 4.69) is 17.6 Å². The summed E-state index contributed by atoms with van der Waals surface area (Å²) in [6, 6.07) is 3.27. The van der Waals surface area contributed by atoms with Gasteiger partial charge < -0.3 is 20.2 Å². The molecule has 1 aromatic rings. The average molecular weight is 282 g/mol. The van der Waals surface area contributed by atoms with E-state index >= 15 is 0 Å². The van der Waals surface area contributed by atoms with Gasteiger partial charge >= 0.3 is 6.03 Å². The van der Waals surface area contributed by atoms with Gasteiger partial charge in [0.2, 0.25) is 0 Å². The number of carbonyl (C=O) groups excluding carboxylic acids is 1.